The van der Waals surface area contributed by atoms with E-state index in [2.05, 4.69) is 27.7 Å². The highest BCUT2D eigenvalue weighted by atomic mass is 16.7. The van der Waals surface area contributed by atoms with Gasteiger partial charge in [0.25, 0.3) is 0 Å². The number of rotatable bonds is 11. The van der Waals surface area contributed by atoms with Crippen LogP contribution in [0.2, 0.25) is 0 Å². The number of urea groups is 1. The number of aliphatic hydroxyl groups is 1. The van der Waals surface area contributed by atoms with Crippen LogP contribution in [0.1, 0.15) is 57.8 Å². The summed E-state index contributed by atoms with van der Waals surface area (Å²) in [5, 5.41) is 15.4. The minimum atomic E-state index is -0.547. The number of fused-ring (bicyclic) bond motifs is 1. The molecular weight excluding hydrogens is 594 g/mol. The highest BCUT2D eigenvalue weighted by molar-refractivity contribution is 5.73. The molecule has 1 saturated heterocycles. The van der Waals surface area contributed by atoms with E-state index in [1.165, 1.54) is 11.1 Å². The lowest BCUT2D eigenvalue weighted by Gasteiger charge is -2.39. The molecule has 1 fully saturated rings. The zero-order valence-electron chi connectivity index (χ0n) is 27.0. The fraction of sp³-hybridized carbons (Fsp3) is 0.342. The third-order valence-electron chi connectivity index (χ3n) is 8.87. The summed E-state index contributed by atoms with van der Waals surface area (Å²) in [6.07, 6.45) is 0.863. The van der Waals surface area contributed by atoms with Crippen LogP contribution >= 0.6 is 0 Å². The van der Waals surface area contributed by atoms with Gasteiger partial charge in [0.1, 0.15) is 0 Å². The zero-order valence-corrected chi connectivity index (χ0v) is 27.0. The maximum atomic E-state index is 12.4. The molecule has 246 valence electrons. The molecule has 0 radical (unpaired) electrons. The first-order valence-electron chi connectivity index (χ1n) is 16.1. The molecule has 0 spiro atoms. The summed E-state index contributed by atoms with van der Waals surface area (Å²) in [6, 6.07) is 29.7. The van der Waals surface area contributed by atoms with Crippen LogP contribution in [0.4, 0.5) is 4.79 Å². The average molecular weight is 638 g/mol. The van der Waals surface area contributed by atoms with Crippen LogP contribution in [-0.4, -0.2) is 49.5 Å². The molecule has 0 aliphatic carbocycles. The summed E-state index contributed by atoms with van der Waals surface area (Å²) in [6.45, 7) is 3.37. The van der Waals surface area contributed by atoms with Crippen molar-refractivity contribution in [3.63, 3.8) is 0 Å². The fourth-order valence-electron chi connectivity index (χ4n) is 6.23. The van der Waals surface area contributed by atoms with Crippen molar-refractivity contribution in [2.45, 2.75) is 57.6 Å². The number of benzene rings is 4. The van der Waals surface area contributed by atoms with Crippen molar-refractivity contribution < 1.29 is 28.8 Å². The van der Waals surface area contributed by atoms with E-state index in [9.17, 15) is 9.90 Å². The number of aliphatic hydroxyl groups excluding tert-OH is 1. The topological polar surface area (TPSA) is 102 Å². The van der Waals surface area contributed by atoms with Gasteiger partial charge in [-0.3, -0.25) is 4.90 Å². The number of carbonyl (C=O) groups is 1. The van der Waals surface area contributed by atoms with E-state index in [4.69, 9.17) is 18.9 Å². The summed E-state index contributed by atoms with van der Waals surface area (Å²) in [5.41, 5.74) is 7.40. The first-order valence-corrected chi connectivity index (χ1v) is 16.1. The van der Waals surface area contributed by atoms with E-state index in [1.807, 2.05) is 78.9 Å². The van der Waals surface area contributed by atoms with Crippen LogP contribution in [0.15, 0.2) is 91.0 Å². The zero-order chi connectivity index (χ0) is 32.6. The van der Waals surface area contributed by atoms with E-state index >= 15 is 0 Å². The summed E-state index contributed by atoms with van der Waals surface area (Å²) in [5.74, 6) is 1.51. The van der Waals surface area contributed by atoms with Crippen LogP contribution in [0, 0.1) is 0 Å². The fourth-order valence-corrected chi connectivity index (χ4v) is 6.23. The van der Waals surface area contributed by atoms with Gasteiger partial charge in [-0.2, -0.15) is 0 Å². The molecule has 9 heteroatoms. The molecule has 4 aromatic rings. The Morgan fingerprint density at radius 3 is 2.09 bits per heavy atom. The monoisotopic (exact) mass is 637 g/mol. The van der Waals surface area contributed by atoms with Crippen LogP contribution in [0.3, 0.4) is 0 Å². The van der Waals surface area contributed by atoms with Gasteiger partial charge in [-0.15, -0.1) is 0 Å². The Bertz CT molecular complexity index is 1610. The van der Waals surface area contributed by atoms with Crippen molar-refractivity contribution in [2.75, 3.05) is 27.3 Å². The predicted molar refractivity (Wildman–Crippen MR) is 179 cm³/mol. The SMILES string of the molecule is COc1cc2c(cc1OC)CN(C[C@@H]1C[C@H](c3ccc(CO)cc3)O[C@H](c3ccc(CNC(=O)NCc4ccccc4)cc3)O1)CC2. The smallest absolute Gasteiger partial charge is 0.315 e. The number of hydrogen-bond donors (Lipinski definition) is 3. The second kappa shape index (κ2) is 15.5. The van der Waals surface area contributed by atoms with Gasteiger partial charge in [-0.25, -0.2) is 4.79 Å². The number of methoxy groups -OCH3 is 2. The Hall–Kier alpha value is -4.41. The number of hydrogen-bond acceptors (Lipinski definition) is 7. The molecule has 2 heterocycles. The molecule has 0 saturated carbocycles. The lowest BCUT2D eigenvalue weighted by molar-refractivity contribution is -0.253. The average Bonchev–Trinajstić information content (AvgIpc) is 3.13. The van der Waals surface area contributed by atoms with Gasteiger partial charge in [-0.05, 0) is 51.9 Å². The first-order chi connectivity index (χ1) is 23.0. The molecule has 2 aliphatic heterocycles. The molecule has 0 aromatic heterocycles. The molecule has 3 N–H and O–H groups in total. The van der Waals surface area contributed by atoms with Gasteiger partial charge in [0, 0.05) is 44.7 Å². The molecular formula is C38H43N3O6. The van der Waals surface area contributed by atoms with E-state index in [0.29, 0.717) is 19.5 Å². The first kappa shape index (κ1) is 32.5. The molecule has 6 rings (SSSR count). The van der Waals surface area contributed by atoms with Crippen molar-refractivity contribution in [1.29, 1.82) is 0 Å². The molecule has 4 aromatic carbocycles. The quantitative estimate of drug-likeness (QED) is 0.191. The molecule has 47 heavy (non-hydrogen) atoms. The van der Waals surface area contributed by atoms with Crippen LogP contribution in [-0.2, 0) is 42.1 Å². The van der Waals surface area contributed by atoms with Gasteiger partial charge in [0.05, 0.1) is 33.0 Å². The molecule has 2 amide bonds. The van der Waals surface area contributed by atoms with Crippen molar-refractivity contribution in [3.05, 3.63) is 130 Å². The second-order valence-corrected chi connectivity index (χ2v) is 12.1. The van der Waals surface area contributed by atoms with Crippen molar-refractivity contribution in [1.82, 2.24) is 15.5 Å². The maximum absolute atomic E-state index is 12.4. The lowest BCUT2D eigenvalue weighted by Crippen LogP contribution is -2.41. The molecule has 3 atom stereocenters. The molecule has 0 unspecified atom stereocenters. The summed E-state index contributed by atoms with van der Waals surface area (Å²) in [4.78, 5) is 14.8. The number of ether oxygens (including phenoxy) is 4. The third-order valence-corrected chi connectivity index (χ3v) is 8.87. The van der Waals surface area contributed by atoms with E-state index in [0.717, 1.165) is 65.4 Å². The Kier molecular flexibility index (Phi) is 10.7. The van der Waals surface area contributed by atoms with Crippen molar-refractivity contribution in [2.24, 2.45) is 0 Å². The summed E-state index contributed by atoms with van der Waals surface area (Å²) >= 11 is 0. The highest BCUT2D eigenvalue weighted by Gasteiger charge is 2.34. The van der Waals surface area contributed by atoms with Gasteiger partial charge in [0.15, 0.2) is 17.8 Å². The van der Waals surface area contributed by atoms with E-state index < -0.39 is 6.29 Å². The van der Waals surface area contributed by atoms with Crippen LogP contribution in [0.25, 0.3) is 0 Å². The molecule has 9 nitrogen and oxygen atoms in total. The standard InChI is InChI=1S/C38H43N3O6/c1-44-35-18-31-16-17-41(23-32(31)19-36(35)45-2)24-33-20-34(29-12-10-28(25-42)11-13-29)47-37(46-33)30-14-8-27(9-15-30)22-40-38(43)39-21-26-6-4-3-5-7-26/h3-15,18-19,33-34,37,42H,16-17,20-25H2,1-2H3,(H2,39,40,43)/t33-,34+,37+/m0/s1. The predicted octanol–water partition coefficient (Wildman–Crippen LogP) is 5.80. The van der Waals surface area contributed by atoms with Crippen LogP contribution < -0.4 is 20.1 Å². The third kappa shape index (κ3) is 8.31. The normalized spacial score (nSPS) is 19.4. The van der Waals surface area contributed by atoms with Gasteiger partial charge in [-0.1, -0.05) is 78.9 Å². The molecule has 0 bridgehead atoms. The maximum Gasteiger partial charge on any atom is 0.315 e. The Labute approximate surface area is 276 Å². The second-order valence-electron chi connectivity index (χ2n) is 12.1. The minimum absolute atomic E-state index is 0.00313. The summed E-state index contributed by atoms with van der Waals surface area (Å²) < 4.78 is 24.3. The Morgan fingerprint density at radius 2 is 1.43 bits per heavy atom. The molecule has 2 aliphatic rings. The lowest BCUT2D eigenvalue weighted by atomic mass is 9.97. The van der Waals surface area contributed by atoms with Crippen molar-refractivity contribution in [3.8, 4) is 11.5 Å². The van der Waals surface area contributed by atoms with Gasteiger partial charge in [0.2, 0.25) is 0 Å². The van der Waals surface area contributed by atoms with E-state index in [1.54, 1.807) is 14.2 Å². The Balaban J connectivity index is 1.11. The summed E-state index contributed by atoms with van der Waals surface area (Å²) in [7, 11) is 3.34. The van der Waals surface area contributed by atoms with Crippen LogP contribution in [0.5, 0.6) is 11.5 Å². The largest absolute Gasteiger partial charge is 0.493 e. The number of nitrogens with one attached hydrogen (secondary N) is 2. The number of nitrogens with zero attached hydrogens (tertiary/aromatic N) is 1. The van der Waals surface area contributed by atoms with Gasteiger partial charge < -0.3 is 34.7 Å². The number of carbonyl (C=O) groups excluding carboxylic acids is 1. The van der Waals surface area contributed by atoms with Gasteiger partial charge >= 0.3 is 6.03 Å². The minimum Gasteiger partial charge on any atom is -0.493 e. The van der Waals surface area contributed by atoms with Crippen molar-refractivity contribution >= 4 is 6.03 Å². The van der Waals surface area contributed by atoms with E-state index in [-0.39, 0.29) is 24.8 Å². The Morgan fingerprint density at radius 1 is 0.809 bits per heavy atom. The highest BCUT2D eigenvalue weighted by Crippen LogP contribution is 2.39. The number of amides is 2.